The van der Waals surface area contributed by atoms with Gasteiger partial charge in [-0.25, -0.2) is 0 Å². The van der Waals surface area contributed by atoms with E-state index in [-0.39, 0.29) is 28.7 Å². The van der Waals surface area contributed by atoms with Gasteiger partial charge in [0.15, 0.2) is 0 Å². The molecule has 2 aliphatic carbocycles. The molecule has 2 amide bonds. The number of halogens is 3. The number of hydrogen-bond donors (Lipinski definition) is 1. The SMILES string of the molecule is CN(CC1(NC(=O)C2CC23CCOCC3)CC1)C(=O)c1ccc(C(F)(F)F)cc1. The van der Waals surface area contributed by atoms with Crippen molar-refractivity contribution in [2.45, 2.75) is 43.8 Å². The molecule has 1 saturated heterocycles. The Labute approximate surface area is 167 Å². The fourth-order valence-corrected chi connectivity index (χ4v) is 4.42. The van der Waals surface area contributed by atoms with Crippen LogP contribution in [0.5, 0.6) is 0 Å². The number of carbonyl (C=O) groups is 2. The molecule has 0 bridgehead atoms. The number of nitrogens with one attached hydrogen (secondary N) is 1. The summed E-state index contributed by atoms with van der Waals surface area (Å²) in [5.74, 6) is -0.272. The monoisotopic (exact) mass is 410 g/mol. The molecule has 29 heavy (non-hydrogen) atoms. The maximum atomic E-state index is 12.7. The van der Waals surface area contributed by atoms with Gasteiger partial charge in [0.1, 0.15) is 0 Å². The third-order valence-corrected chi connectivity index (χ3v) is 6.58. The number of rotatable bonds is 5. The molecular formula is C21H25F3N2O3. The molecule has 8 heteroatoms. The normalized spacial score (nSPS) is 24.1. The van der Waals surface area contributed by atoms with Crippen LogP contribution in [0.3, 0.4) is 0 Å². The standard InChI is InChI=1S/C21H25F3N2O3/c1-26(18(28)14-2-4-15(5-3-14)21(22,23)24)13-20(6-7-20)25-17(27)16-12-19(16)8-10-29-11-9-19/h2-5,16H,6-13H2,1H3,(H,25,27). The maximum absolute atomic E-state index is 12.7. The Balaban J connectivity index is 1.33. The second-order valence-electron chi connectivity index (χ2n) is 8.74. The summed E-state index contributed by atoms with van der Waals surface area (Å²) < 4.78 is 43.5. The smallest absolute Gasteiger partial charge is 0.381 e. The third kappa shape index (κ3) is 4.13. The molecule has 1 aromatic rings. The Morgan fingerprint density at radius 1 is 1.14 bits per heavy atom. The van der Waals surface area contributed by atoms with Gasteiger partial charge in [0, 0.05) is 38.3 Å². The van der Waals surface area contributed by atoms with E-state index in [9.17, 15) is 22.8 Å². The molecule has 3 aliphatic rings. The summed E-state index contributed by atoms with van der Waals surface area (Å²) in [6.45, 7) is 1.76. The predicted octanol–water partition coefficient (Wildman–Crippen LogP) is 3.24. The van der Waals surface area contributed by atoms with Gasteiger partial charge < -0.3 is 15.0 Å². The first-order valence-electron chi connectivity index (χ1n) is 9.97. The van der Waals surface area contributed by atoms with Crippen LogP contribution >= 0.6 is 0 Å². The van der Waals surface area contributed by atoms with E-state index in [0.717, 1.165) is 44.2 Å². The Hall–Kier alpha value is -2.09. The number of alkyl halides is 3. The van der Waals surface area contributed by atoms with Crippen LogP contribution in [0.1, 0.15) is 48.0 Å². The van der Waals surface area contributed by atoms with E-state index in [2.05, 4.69) is 5.32 Å². The lowest BCUT2D eigenvalue weighted by Crippen LogP contribution is -2.47. The van der Waals surface area contributed by atoms with Crippen molar-refractivity contribution in [3.05, 3.63) is 35.4 Å². The molecule has 1 atom stereocenters. The highest BCUT2D eigenvalue weighted by molar-refractivity contribution is 5.94. The van der Waals surface area contributed by atoms with E-state index < -0.39 is 17.3 Å². The van der Waals surface area contributed by atoms with Crippen molar-refractivity contribution >= 4 is 11.8 Å². The van der Waals surface area contributed by atoms with Crippen LogP contribution in [0.15, 0.2) is 24.3 Å². The molecule has 3 fully saturated rings. The van der Waals surface area contributed by atoms with Crippen LogP contribution in [0.4, 0.5) is 13.2 Å². The van der Waals surface area contributed by atoms with E-state index in [0.29, 0.717) is 19.8 Å². The van der Waals surface area contributed by atoms with E-state index in [1.54, 1.807) is 7.05 Å². The van der Waals surface area contributed by atoms with Crippen LogP contribution in [0.2, 0.25) is 0 Å². The van der Waals surface area contributed by atoms with Crippen molar-refractivity contribution in [3.8, 4) is 0 Å². The molecule has 1 heterocycles. The van der Waals surface area contributed by atoms with Gasteiger partial charge in [0.25, 0.3) is 5.91 Å². The molecule has 2 saturated carbocycles. The first kappa shape index (κ1) is 20.2. The number of hydrogen-bond acceptors (Lipinski definition) is 3. The summed E-state index contributed by atoms with van der Waals surface area (Å²) in [6, 6.07) is 4.21. The van der Waals surface area contributed by atoms with E-state index in [4.69, 9.17) is 4.74 Å². The van der Waals surface area contributed by atoms with Crippen molar-refractivity contribution in [3.63, 3.8) is 0 Å². The second kappa shape index (κ2) is 7.00. The number of amides is 2. The predicted molar refractivity (Wildman–Crippen MR) is 99.1 cm³/mol. The van der Waals surface area contributed by atoms with Gasteiger partial charge in [0.2, 0.25) is 5.91 Å². The van der Waals surface area contributed by atoms with Gasteiger partial charge in [-0.3, -0.25) is 9.59 Å². The summed E-state index contributed by atoms with van der Waals surface area (Å²) in [6.07, 6.45) is -0.0910. The van der Waals surface area contributed by atoms with Gasteiger partial charge >= 0.3 is 6.18 Å². The quantitative estimate of drug-likeness (QED) is 0.811. The van der Waals surface area contributed by atoms with Gasteiger partial charge in [-0.15, -0.1) is 0 Å². The van der Waals surface area contributed by atoms with Gasteiger partial charge in [-0.05, 0) is 61.8 Å². The first-order chi connectivity index (χ1) is 13.6. The number of carbonyl (C=O) groups excluding carboxylic acids is 2. The zero-order valence-corrected chi connectivity index (χ0v) is 16.3. The summed E-state index contributed by atoms with van der Waals surface area (Å²) in [4.78, 5) is 26.8. The lowest BCUT2D eigenvalue weighted by Gasteiger charge is -2.27. The van der Waals surface area contributed by atoms with E-state index >= 15 is 0 Å². The molecule has 4 rings (SSSR count). The summed E-state index contributed by atoms with van der Waals surface area (Å²) in [5.41, 5.74) is -0.900. The lowest BCUT2D eigenvalue weighted by molar-refractivity contribution is -0.137. The number of likely N-dealkylation sites (N-methyl/N-ethyl adjacent to an activating group) is 1. The minimum atomic E-state index is -4.43. The average Bonchev–Trinajstić information content (AvgIpc) is 3.59. The second-order valence-corrected chi connectivity index (χ2v) is 8.74. The van der Waals surface area contributed by atoms with Crippen LogP contribution in [0.25, 0.3) is 0 Å². The molecule has 158 valence electrons. The number of ether oxygens (including phenoxy) is 1. The molecule has 0 aromatic heterocycles. The van der Waals surface area contributed by atoms with E-state index in [1.165, 1.54) is 17.0 Å². The Morgan fingerprint density at radius 3 is 2.31 bits per heavy atom. The fourth-order valence-electron chi connectivity index (χ4n) is 4.42. The van der Waals surface area contributed by atoms with Gasteiger partial charge in [-0.1, -0.05) is 0 Å². The van der Waals surface area contributed by atoms with Crippen LogP contribution < -0.4 is 5.32 Å². The maximum Gasteiger partial charge on any atom is 0.416 e. The first-order valence-corrected chi connectivity index (χ1v) is 9.97. The number of benzene rings is 1. The van der Waals surface area contributed by atoms with E-state index in [1.807, 2.05) is 0 Å². The molecular weight excluding hydrogens is 385 g/mol. The van der Waals surface area contributed by atoms with Crippen molar-refractivity contribution in [2.24, 2.45) is 11.3 Å². The highest BCUT2D eigenvalue weighted by Crippen LogP contribution is 2.59. The van der Waals surface area contributed by atoms with Crippen LogP contribution in [-0.4, -0.2) is 49.1 Å². The highest BCUT2D eigenvalue weighted by atomic mass is 19.4. The lowest BCUT2D eigenvalue weighted by atomic mass is 9.93. The molecule has 0 radical (unpaired) electrons. The zero-order chi connectivity index (χ0) is 20.9. The highest BCUT2D eigenvalue weighted by Gasteiger charge is 2.59. The summed E-state index contributed by atoms with van der Waals surface area (Å²) in [7, 11) is 1.61. The molecule has 1 N–H and O–H groups in total. The summed E-state index contributed by atoms with van der Waals surface area (Å²) >= 11 is 0. The number of nitrogens with zero attached hydrogens (tertiary/aromatic N) is 1. The van der Waals surface area contributed by atoms with Crippen molar-refractivity contribution in [2.75, 3.05) is 26.8 Å². The average molecular weight is 410 g/mol. The minimum absolute atomic E-state index is 0.0276. The molecule has 1 aliphatic heterocycles. The third-order valence-electron chi connectivity index (χ3n) is 6.58. The topological polar surface area (TPSA) is 58.6 Å². The van der Waals surface area contributed by atoms with Crippen molar-refractivity contribution < 1.29 is 27.5 Å². The Morgan fingerprint density at radius 2 is 1.76 bits per heavy atom. The van der Waals surface area contributed by atoms with Crippen LogP contribution in [-0.2, 0) is 15.7 Å². The Kier molecular flexibility index (Phi) is 4.88. The zero-order valence-electron chi connectivity index (χ0n) is 16.3. The molecule has 5 nitrogen and oxygen atoms in total. The van der Waals surface area contributed by atoms with Gasteiger partial charge in [-0.2, -0.15) is 13.2 Å². The van der Waals surface area contributed by atoms with Gasteiger partial charge in [0.05, 0.1) is 11.1 Å². The largest absolute Gasteiger partial charge is 0.416 e. The van der Waals surface area contributed by atoms with Crippen molar-refractivity contribution in [1.29, 1.82) is 0 Å². The molecule has 1 spiro atoms. The fraction of sp³-hybridized carbons (Fsp3) is 0.619. The Bertz CT molecular complexity index is 796. The molecule has 1 aromatic carbocycles. The molecule has 1 unspecified atom stereocenters. The van der Waals surface area contributed by atoms with Crippen LogP contribution in [0, 0.1) is 11.3 Å². The van der Waals surface area contributed by atoms with Crippen molar-refractivity contribution in [1.82, 2.24) is 10.2 Å². The minimum Gasteiger partial charge on any atom is -0.381 e. The summed E-state index contributed by atoms with van der Waals surface area (Å²) in [5, 5.41) is 3.14.